The van der Waals surface area contributed by atoms with Crippen LogP contribution in [0.4, 0.5) is 0 Å². The second-order valence-corrected chi connectivity index (χ2v) is 6.39. The molecule has 1 fully saturated rings. The molecule has 18 heavy (non-hydrogen) atoms. The predicted octanol–water partition coefficient (Wildman–Crippen LogP) is 5.01. The van der Waals surface area contributed by atoms with Gasteiger partial charge in [0.2, 0.25) is 0 Å². The van der Waals surface area contributed by atoms with E-state index in [1.165, 1.54) is 51.4 Å². The predicted molar refractivity (Wildman–Crippen MR) is 81.9 cm³/mol. The molecule has 0 radical (unpaired) electrons. The van der Waals surface area contributed by atoms with Crippen LogP contribution in [0.2, 0.25) is 0 Å². The van der Waals surface area contributed by atoms with Crippen molar-refractivity contribution in [3.05, 3.63) is 0 Å². The van der Waals surface area contributed by atoms with Gasteiger partial charge in [0.05, 0.1) is 0 Å². The normalized spacial score (nSPS) is 28.0. The van der Waals surface area contributed by atoms with Gasteiger partial charge in [-0.1, -0.05) is 59.8 Å². The lowest BCUT2D eigenvalue weighted by atomic mass is 9.74. The van der Waals surface area contributed by atoms with Crippen molar-refractivity contribution in [1.82, 2.24) is 5.32 Å². The molecule has 1 saturated carbocycles. The first-order chi connectivity index (χ1) is 8.72. The monoisotopic (exact) mass is 253 g/mol. The summed E-state index contributed by atoms with van der Waals surface area (Å²) in [7, 11) is 0. The van der Waals surface area contributed by atoms with Crippen LogP contribution in [0, 0.1) is 17.8 Å². The molecule has 2 atom stereocenters. The minimum Gasteiger partial charge on any atom is -0.314 e. The van der Waals surface area contributed by atoms with Gasteiger partial charge >= 0.3 is 0 Å². The Bertz CT molecular complexity index is 194. The van der Waals surface area contributed by atoms with Crippen LogP contribution >= 0.6 is 0 Å². The first kappa shape index (κ1) is 16.0. The second kappa shape index (κ2) is 8.96. The number of hydrogen-bond acceptors (Lipinski definition) is 1. The van der Waals surface area contributed by atoms with Crippen LogP contribution in [0.15, 0.2) is 0 Å². The highest BCUT2D eigenvalue weighted by molar-refractivity contribution is 4.84. The van der Waals surface area contributed by atoms with E-state index in [0.29, 0.717) is 0 Å². The third kappa shape index (κ3) is 4.91. The Kier molecular flexibility index (Phi) is 7.97. The third-order valence-electron chi connectivity index (χ3n) is 5.04. The van der Waals surface area contributed by atoms with E-state index in [1.54, 1.807) is 0 Å². The van der Waals surface area contributed by atoms with Crippen molar-refractivity contribution in [2.45, 2.75) is 85.1 Å². The standard InChI is InChI=1S/C17H35N/c1-5-8-9-14(4)17(18-7-3)16-12-10-15(6-2)11-13-16/h14-18H,5-13H2,1-4H3. The zero-order valence-corrected chi connectivity index (χ0v) is 13.2. The summed E-state index contributed by atoms with van der Waals surface area (Å²) in [4.78, 5) is 0. The molecule has 1 N–H and O–H groups in total. The van der Waals surface area contributed by atoms with Gasteiger partial charge in [0.1, 0.15) is 0 Å². The first-order valence-electron chi connectivity index (χ1n) is 8.46. The zero-order chi connectivity index (χ0) is 13.4. The van der Waals surface area contributed by atoms with E-state index >= 15 is 0 Å². The molecule has 0 aromatic rings. The molecule has 1 heteroatoms. The molecule has 108 valence electrons. The van der Waals surface area contributed by atoms with Crippen LogP contribution in [-0.4, -0.2) is 12.6 Å². The van der Waals surface area contributed by atoms with Gasteiger partial charge in [-0.05, 0) is 43.6 Å². The minimum atomic E-state index is 0.777. The van der Waals surface area contributed by atoms with Crippen LogP contribution < -0.4 is 5.32 Å². The molecule has 0 aromatic carbocycles. The topological polar surface area (TPSA) is 12.0 Å². The van der Waals surface area contributed by atoms with Gasteiger partial charge in [0.25, 0.3) is 0 Å². The fourth-order valence-corrected chi connectivity index (χ4v) is 3.73. The van der Waals surface area contributed by atoms with Crippen molar-refractivity contribution in [2.24, 2.45) is 17.8 Å². The highest BCUT2D eigenvalue weighted by Gasteiger charge is 2.29. The van der Waals surface area contributed by atoms with Crippen LogP contribution in [0.5, 0.6) is 0 Å². The molecule has 0 spiro atoms. The maximum Gasteiger partial charge on any atom is 0.0121 e. The van der Waals surface area contributed by atoms with Crippen LogP contribution in [0.25, 0.3) is 0 Å². The van der Waals surface area contributed by atoms with E-state index in [1.807, 2.05) is 0 Å². The molecular weight excluding hydrogens is 218 g/mol. The summed E-state index contributed by atoms with van der Waals surface area (Å²) >= 11 is 0. The lowest BCUT2D eigenvalue weighted by Crippen LogP contribution is -2.42. The van der Waals surface area contributed by atoms with E-state index in [0.717, 1.165) is 30.3 Å². The van der Waals surface area contributed by atoms with Gasteiger partial charge < -0.3 is 5.32 Å². The summed E-state index contributed by atoms with van der Waals surface area (Å²) in [6.45, 7) is 10.5. The number of unbranched alkanes of at least 4 members (excludes halogenated alkanes) is 1. The Morgan fingerprint density at radius 3 is 2.22 bits per heavy atom. The lowest BCUT2D eigenvalue weighted by Gasteiger charge is -2.37. The van der Waals surface area contributed by atoms with E-state index in [4.69, 9.17) is 0 Å². The van der Waals surface area contributed by atoms with Crippen molar-refractivity contribution in [3.8, 4) is 0 Å². The van der Waals surface area contributed by atoms with Crippen LogP contribution in [0.3, 0.4) is 0 Å². The lowest BCUT2D eigenvalue weighted by molar-refractivity contribution is 0.177. The molecule has 0 saturated heterocycles. The Morgan fingerprint density at radius 1 is 1.06 bits per heavy atom. The Balaban J connectivity index is 2.45. The summed E-state index contributed by atoms with van der Waals surface area (Å²) in [6.07, 6.45) is 11.4. The molecule has 1 nitrogen and oxygen atoms in total. The van der Waals surface area contributed by atoms with Gasteiger partial charge in [-0.25, -0.2) is 0 Å². The SMILES string of the molecule is CCCCC(C)C(NCC)C1CCC(CC)CC1. The highest BCUT2D eigenvalue weighted by atomic mass is 14.9. The van der Waals surface area contributed by atoms with Gasteiger partial charge in [-0.3, -0.25) is 0 Å². The fraction of sp³-hybridized carbons (Fsp3) is 1.00. The average Bonchev–Trinajstić information content (AvgIpc) is 2.42. The molecule has 1 rings (SSSR count). The van der Waals surface area contributed by atoms with E-state index in [9.17, 15) is 0 Å². The van der Waals surface area contributed by atoms with E-state index < -0.39 is 0 Å². The Hall–Kier alpha value is -0.0400. The maximum atomic E-state index is 3.79. The average molecular weight is 253 g/mol. The van der Waals surface area contributed by atoms with Gasteiger partial charge in [0, 0.05) is 6.04 Å². The number of hydrogen-bond donors (Lipinski definition) is 1. The second-order valence-electron chi connectivity index (χ2n) is 6.39. The smallest absolute Gasteiger partial charge is 0.0121 e. The molecule has 0 heterocycles. The molecule has 0 bridgehead atoms. The molecule has 0 aliphatic heterocycles. The Morgan fingerprint density at radius 2 is 1.72 bits per heavy atom. The summed E-state index contributed by atoms with van der Waals surface area (Å²) in [5, 5.41) is 3.79. The summed E-state index contributed by atoms with van der Waals surface area (Å²) in [5.74, 6) is 2.82. The van der Waals surface area contributed by atoms with Crippen LogP contribution in [-0.2, 0) is 0 Å². The summed E-state index contributed by atoms with van der Waals surface area (Å²) in [5.41, 5.74) is 0. The number of rotatable bonds is 8. The Labute approximate surface area is 115 Å². The molecule has 1 aliphatic rings. The van der Waals surface area contributed by atoms with Crippen molar-refractivity contribution >= 4 is 0 Å². The van der Waals surface area contributed by atoms with Crippen molar-refractivity contribution in [3.63, 3.8) is 0 Å². The van der Waals surface area contributed by atoms with E-state index in [-0.39, 0.29) is 0 Å². The molecule has 2 unspecified atom stereocenters. The molecule has 1 aliphatic carbocycles. The van der Waals surface area contributed by atoms with Crippen molar-refractivity contribution in [2.75, 3.05) is 6.54 Å². The minimum absolute atomic E-state index is 0.777. The number of nitrogens with one attached hydrogen (secondary N) is 1. The molecule has 0 amide bonds. The highest BCUT2D eigenvalue weighted by Crippen LogP contribution is 2.35. The van der Waals surface area contributed by atoms with Gasteiger partial charge in [-0.15, -0.1) is 0 Å². The van der Waals surface area contributed by atoms with Gasteiger partial charge in [0.15, 0.2) is 0 Å². The molecular formula is C17H35N. The van der Waals surface area contributed by atoms with Crippen molar-refractivity contribution < 1.29 is 0 Å². The van der Waals surface area contributed by atoms with E-state index in [2.05, 4.69) is 33.0 Å². The third-order valence-corrected chi connectivity index (χ3v) is 5.04. The largest absolute Gasteiger partial charge is 0.314 e. The zero-order valence-electron chi connectivity index (χ0n) is 13.2. The van der Waals surface area contributed by atoms with Crippen LogP contribution in [0.1, 0.15) is 79.1 Å². The summed E-state index contributed by atoms with van der Waals surface area (Å²) < 4.78 is 0. The quantitative estimate of drug-likeness (QED) is 0.641. The maximum absolute atomic E-state index is 3.79. The summed E-state index contributed by atoms with van der Waals surface area (Å²) in [6, 6.07) is 0.777. The van der Waals surface area contributed by atoms with Gasteiger partial charge in [-0.2, -0.15) is 0 Å². The molecule has 0 aromatic heterocycles. The first-order valence-corrected chi connectivity index (χ1v) is 8.46. The van der Waals surface area contributed by atoms with Crippen molar-refractivity contribution in [1.29, 1.82) is 0 Å². The fourth-order valence-electron chi connectivity index (χ4n) is 3.73.